The number of fused-ring (bicyclic) bond motifs is 6. The third-order valence-corrected chi connectivity index (χ3v) is 11.2. The van der Waals surface area contributed by atoms with Crippen LogP contribution in [0.25, 0.3) is 97.0 Å². The van der Waals surface area contributed by atoms with Crippen molar-refractivity contribution in [1.82, 2.24) is 0 Å². The van der Waals surface area contributed by atoms with E-state index in [0.717, 1.165) is 0 Å². The number of benzene rings is 9. The van der Waals surface area contributed by atoms with E-state index in [1.54, 1.807) is 0 Å². The highest BCUT2D eigenvalue weighted by molar-refractivity contribution is 7.25. The summed E-state index contributed by atoms with van der Waals surface area (Å²) < 4.78 is 2.67. The third-order valence-electron chi connectivity index (χ3n) is 10.1. The molecule has 0 saturated heterocycles. The van der Waals surface area contributed by atoms with Crippen molar-refractivity contribution in [1.29, 1.82) is 0 Å². The van der Waals surface area contributed by atoms with Gasteiger partial charge in [0.25, 0.3) is 0 Å². The Morgan fingerprint density at radius 2 is 0.735 bits per heavy atom. The molecule has 0 atom stereocenters. The topological polar surface area (TPSA) is 0 Å². The van der Waals surface area contributed by atoms with Crippen molar-refractivity contribution < 1.29 is 0 Å². The predicted octanol–water partition coefficient (Wildman–Crippen LogP) is 14.2. The SMILES string of the molecule is c1ccc(-c2cccc3ccccc23)c(-c2ccc(-c3c4ccccc4c(-c4ccc5c(c4)sc4ccccc45)c4ccccc34)cc2)c1. The van der Waals surface area contributed by atoms with Crippen LogP contribution in [0.1, 0.15) is 0 Å². The van der Waals surface area contributed by atoms with Gasteiger partial charge in [0, 0.05) is 20.2 Å². The average molecular weight is 639 g/mol. The van der Waals surface area contributed by atoms with E-state index >= 15 is 0 Å². The smallest absolute Gasteiger partial charge is 0.0361 e. The Labute approximate surface area is 289 Å². The van der Waals surface area contributed by atoms with Crippen LogP contribution in [0.2, 0.25) is 0 Å². The second-order valence-corrected chi connectivity index (χ2v) is 13.9. The van der Waals surface area contributed by atoms with E-state index in [2.05, 4.69) is 182 Å². The lowest BCUT2D eigenvalue weighted by atomic mass is 9.85. The van der Waals surface area contributed by atoms with Gasteiger partial charge in [-0.2, -0.15) is 0 Å². The van der Waals surface area contributed by atoms with Gasteiger partial charge in [-0.25, -0.2) is 0 Å². The largest absolute Gasteiger partial charge is 0.135 e. The van der Waals surface area contributed by atoms with Crippen LogP contribution < -0.4 is 0 Å². The molecule has 0 N–H and O–H groups in total. The summed E-state index contributed by atoms with van der Waals surface area (Å²) in [6.45, 7) is 0. The van der Waals surface area contributed by atoms with Crippen molar-refractivity contribution in [2.24, 2.45) is 0 Å². The Hall–Kier alpha value is -6.02. The van der Waals surface area contributed by atoms with Gasteiger partial charge in [-0.15, -0.1) is 11.3 Å². The molecule has 1 heterocycles. The molecule has 10 rings (SSSR count). The summed E-state index contributed by atoms with van der Waals surface area (Å²) in [5.74, 6) is 0. The molecule has 0 aliphatic carbocycles. The van der Waals surface area contributed by atoms with Crippen molar-refractivity contribution >= 4 is 63.8 Å². The highest BCUT2D eigenvalue weighted by Gasteiger charge is 2.18. The van der Waals surface area contributed by atoms with Crippen LogP contribution >= 0.6 is 11.3 Å². The molecule has 0 radical (unpaired) electrons. The van der Waals surface area contributed by atoms with Gasteiger partial charge in [-0.1, -0.05) is 170 Å². The van der Waals surface area contributed by atoms with Crippen LogP contribution in [-0.2, 0) is 0 Å². The number of hydrogen-bond acceptors (Lipinski definition) is 1. The molecule has 49 heavy (non-hydrogen) atoms. The highest BCUT2D eigenvalue weighted by atomic mass is 32.1. The monoisotopic (exact) mass is 638 g/mol. The lowest BCUT2D eigenvalue weighted by Crippen LogP contribution is -1.91. The molecule has 0 fully saturated rings. The lowest BCUT2D eigenvalue weighted by molar-refractivity contribution is 1.59. The first kappa shape index (κ1) is 28.0. The van der Waals surface area contributed by atoms with Crippen LogP contribution in [0.5, 0.6) is 0 Å². The van der Waals surface area contributed by atoms with Crippen LogP contribution in [0.4, 0.5) is 0 Å². The molecule has 0 unspecified atom stereocenters. The van der Waals surface area contributed by atoms with Gasteiger partial charge in [0.1, 0.15) is 0 Å². The minimum Gasteiger partial charge on any atom is -0.135 e. The van der Waals surface area contributed by atoms with E-state index < -0.39 is 0 Å². The van der Waals surface area contributed by atoms with Crippen LogP contribution in [0.3, 0.4) is 0 Å². The summed E-state index contributed by atoms with van der Waals surface area (Å²) in [5.41, 5.74) is 10.0. The minimum atomic E-state index is 1.22. The second kappa shape index (κ2) is 11.3. The normalized spacial score (nSPS) is 11.7. The molecular formula is C48H30S. The standard InChI is InChI=1S/C48H30S/c1-2-14-35-31(12-1)13-11-22-38(35)37-16-4-3-15-36(37)32-24-26-33(27-25-32)47-41-18-5-7-20-43(41)48(44-21-8-6-19-42(44)47)34-28-29-40-39-17-9-10-23-45(39)49-46(40)30-34/h1-30H. The molecule has 0 aliphatic heterocycles. The summed E-state index contributed by atoms with van der Waals surface area (Å²) >= 11 is 1.88. The fraction of sp³-hybridized carbons (Fsp3) is 0. The summed E-state index contributed by atoms with van der Waals surface area (Å²) in [7, 11) is 0. The van der Waals surface area contributed by atoms with Gasteiger partial charge in [0.15, 0.2) is 0 Å². The first-order valence-corrected chi connectivity index (χ1v) is 17.7. The van der Waals surface area contributed by atoms with Crippen molar-refractivity contribution in [2.75, 3.05) is 0 Å². The molecule has 9 aromatic carbocycles. The molecule has 0 saturated carbocycles. The Bertz CT molecular complexity index is 2810. The Morgan fingerprint density at radius 1 is 0.265 bits per heavy atom. The minimum absolute atomic E-state index is 1.22. The first-order chi connectivity index (χ1) is 24.3. The van der Waals surface area contributed by atoms with Crippen molar-refractivity contribution in [3.05, 3.63) is 182 Å². The van der Waals surface area contributed by atoms with E-state index in [4.69, 9.17) is 0 Å². The van der Waals surface area contributed by atoms with E-state index in [9.17, 15) is 0 Å². The maximum atomic E-state index is 2.40. The zero-order valence-corrected chi connectivity index (χ0v) is 27.5. The zero-order valence-electron chi connectivity index (χ0n) is 26.7. The van der Waals surface area contributed by atoms with E-state index in [1.165, 1.54) is 97.0 Å². The van der Waals surface area contributed by atoms with Gasteiger partial charge in [0.2, 0.25) is 0 Å². The molecule has 10 aromatic rings. The summed E-state index contributed by atoms with van der Waals surface area (Å²) in [4.78, 5) is 0. The molecule has 0 aliphatic rings. The number of rotatable bonds is 4. The fourth-order valence-corrected chi connectivity index (χ4v) is 9.02. The Balaban J connectivity index is 1.14. The van der Waals surface area contributed by atoms with Gasteiger partial charge in [-0.05, 0) is 89.0 Å². The van der Waals surface area contributed by atoms with Crippen molar-refractivity contribution in [3.63, 3.8) is 0 Å². The average Bonchev–Trinajstić information content (AvgIpc) is 3.55. The third kappa shape index (κ3) is 4.51. The van der Waals surface area contributed by atoms with Gasteiger partial charge in [-0.3, -0.25) is 0 Å². The number of hydrogen-bond donors (Lipinski definition) is 0. The first-order valence-electron chi connectivity index (χ1n) is 16.8. The Kier molecular flexibility index (Phi) is 6.47. The molecular weight excluding hydrogens is 609 g/mol. The van der Waals surface area contributed by atoms with E-state index in [0.29, 0.717) is 0 Å². The number of thiophene rings is 1. The molecule has 228 valence electrons. The molecule has 1 heteroatoms. The second-order valence-electron chi connectivity index (χ2n) is 12.8. The van der Waals surface area contributed by atoms with E-state index in [-0.39, 0.29) is 0 Å². The summed E-state index contributed by atoms with van der Waals surface area (Å²) in [6.07, 6.45) is 0. The van der Waals surface area contributed by atoms with Crippen LogP contribution in [0.15, 0.2) is 182 Å². The van der Waals surface area contributed by atoms with Crippen molar-refractivity contribution in [2.45, 2.75) is 0 Å². The molecule has 1 aromatic heterocycles. The summed E-state index contributed by atoms with van der Waals surface area (Å²) in [5, 5.41) is 10.3. The highest BCUT2D eigenvalue weighted by Crippen LogP contribution is 2.46. The van der Waals surface area contributed by atoms with Gasteiger partial charge >= 0.3 is 0 Å². The predicted molar refractivity (Wildman–Crippen MR) is 214 cm³/mol. The van der Waals surface area contributed by atoms with E-state index in [1.807, 2.05) is 11.3 Å². The van der Waals surface area contributed by atoms with Crippen LogP contribution in [0, 0.1) is 0 Å². The quantitative estimate of drug-likeness (QED) is 0.168. The van der Waals surface area contributed by atoms with Crippen molar-refractivity contribution in [3.8, 4) is 44.5 Å². The molecule has 0 nitrogen and oxygen atoms in total. The molecule has 0 spiro atoms. The van der Waals surface area contributed by atoms with Crippen LogP contribution in [-0.4, -0.2) is 0 Å². The van der Waals surface area contributed by atoms with Gasteiger partial charge < -0.3 is 0 Å². The lowest BCUT2D eigenvalue weighted by Gasteiger charge is -2.18. The molecule has 0 amide bonds. The zero-order chi connectivity index (χ0) is 32.3. The Morgan fingerprint density at radius 3 is 1.45 bits per heavy atom. The van der Waals surface area contributed by atoms with Gasteiger partial charge in [0.05, 0.1) is 0 Å². The maximum Gasteiger partial charge on any atom is 0.0361 e. The molecule has 0 bridgehead atoms. The summed E-state index contributed by atoms with van der Waals surface area (Å²) in [6, 6.07) is 66.9. The maximum absolute atomic E-state index is 2.40. The fourth-order valence-electron chi connectivity index (χ4n) is 7.88.